The van der Waals surface area contributed by atoms with Crippen molar-refractivity contribution in [2.75, 3.05) is 6.54 Å². The number of benzene rings is 1. The molecule has 0 spiro atoms. The van der Waals surface area contributed by atoms with Crippen LogP contribution in [0.25, 0.3) is 0 Å². The third-order valence-corrected chi connectivity index (χ3v) is 7.06. The fraction of sp³-hybridized carbons (Fsp3) is 0.286. The van der Waals surface area contributed by atoms with Crippen LogP contribution in [0.4, 0.5) is 4.39 Å². The minimum absolute atomic E-state index is 0.00798. The van der Waals surface area contributed by atoms with E-state index in [0.29, 0.717) is 17.0 Å². The van der Waals surface area contributed by atoms with Crippen LogP contribution >= 0.6 is 0 Å². The van der Waals surface area contributed by atoms with Crippen LogP contribution in [-0.4, -0.2) is 39.9 Å². The van der Waals surface area contributed by atoms with E-state index in [-0.39, 0.29) is 36.0 Å². The molecule has 0 bridgehead atoms. The lowest BCUT2D eigenvalue weighted by Crippen LogP contribution is -2.43. The van der Waals surface area contributed by atoms with Gasteiger partial charge in [0.15, 0.2) is 0 Å². The minimum Gasteiger partial charge on any atom is -0.350 e. The lowest BCUT2D eigenvalue weighted by molar-refractivity contribution is -0.123. The van der Waals surface area contributed by atoms with Gasteiger partial charge in [-0.1, -0.05) is 6.07 Å². The number of nitrogens with zero attached hydrogens (tertiary/aromatic N) is 4. The third kappa shape index (κ3) is 4.21. The number of halogens is 1. The molecule has 0 aliphatic carbocycles. The first kappa shape index (κ1) is 21.1. The van der Waals surface area contributed by atoms with Gasteiger partial charge in [-0.2, -0.15) is 9.40 Å². The van der Waals surface area contributed by atoms with Gasteiger partial charge in [0, 0.05) is 38.1 Å². The molecular formula is C21H22FN5O3S. The van der Waals surface area contributed by atoms with Crippen molar-refractivity contribution >= 4 is 15.9 Å². The Hall–Kier alpha value is -3.11. The van der Waals surface area contributed by atoms with Crippen LogP contribution in [0.1, 0.15) is 28.4 Å². The molecule has 2 aromatic heterocycles. The summed E-state index contributed by atoms with van der Waals surface area (Å²) in [7, 11) is -2.21. The van der Waals surface area contributed by atoms with Gasteiger partial charge in [0.05, 0.1) is 28.7 Å². The van der Waals surface area contributed by atoms with Gasteiger partial charge in [-0.25, -0.2) is 12.8 Å². The Morgan fingerprint density at radius 3 is 2.81 bits per heavy atom. The van der Waals surface area contributed by atoms with Crippen LogP contribution in [0.2, 0.25) is 0 Å². The molecule has 0 fully saturated rings. The average Bonchev–Trinajstić information content (AvgIpc) is 3.14. The van der Waals surface area contributed by atoms with Gasteiger partial charge < -0.3 is 5.32 Å². The second-order valence-electron chi connectivity index (χ2n) is 7.51. The van der Waals surface area contributed by atoms with Gasteiger partial charge in [0.1, 0.15) is 5.82 Å². The van der Waals surface area contributed by atoms with Crippen LogP contribution in [0.15, 0.2) is 53.7 Å². The van der Waals surface area contributed by atoms with Gasteiger partial charge in [-0.15, -0.1) is 0 Å². The number of aromatic nitrogens is 3. The van der Waals surface area contributed by atoms with Crippen LogP contribution < -0.4 is 5.32 Å². The molecule has 31 heavy (non-hydrogen) atoms. The quantitative estimate of drug-likeness (QED) is 0.649. The molecule has 8 nitrogen and oxygen atoms in total. The predicted molar refractivity (Wildman–Crippen MR) is 111 cm³/mol. The fourth-order valence-electron chi connectivity index (χ4n) is 3.64. The van der Waals surface area contributed by atoms with Gasteiger partial charge in [0.2, 0.25) is 15.9 Å². The maximum absolute atomic E-state index is 13.6. The molecule has 0 saturated heterocycles. The zero-order valence-electron chi connectivity index (χ0n) is 17.1. The molecule has 1 amide bonds. The number of pyridine rings is 1. The molecule has 162 valence electrons. The predicted octanol–water partition coefficient (Wildman–Crippen LogP) is 1.87. The second-order valence-corrected chi connectivity index (χ2v) is 9.45. The summed E-state index contributed by atoms with van der Waals surface area (Å²) in [5.41, 5.74) is 2.15. The number of fused-ring (bicyclic) bond motifs is 1. The SMILES string of the molecule is Cc1cc(S(=O)(=O)N2Cc3cn(C)nc3[C@@H](C(=O)NCc3ccccn3)C2)ccc1F. The molecule has 0 radical (unpaired) electrons. The summed E-state index contributed by atoms with van der Waals surface area (Å²) in [6.45, 7) is 1.77. The smallest absolute Gasteiger partial charge is 0.243 e. The number of carbonyl (C=O) groups excluding carboxylic acids is 1. The van der Waals surface area contributed by atoms with Crippen molar-refractivity contribution < 1.29 is 17.6 Å². The van der Waals surface area contributed by atoms with Crippen molar-refractivity contribution in [3.63, 3.8) is 0 Å². The Kier molecular flexibility index (Phi) is 5.59. The zero-order valence-corrected chi connectivity index (χ0v) is 17.9. The molecule has 1 aliphatic heterocycles. The number of aryl methyl sites for hydroxylation is 2. The van der Waals surface area contributed by atoms with Gasteiger partial charge in [-0.05, 0) is 42.8 Å². The van der Waals surface area contributed by atoms with Gasteiger partial charge in [-0.3, -0.25) is 14.5 Å². The van der Waals surface area contributed by atoms with Crippen molar-refractivity contribution in [1.82, 2.24) is 24.4 Å². The largest absolute Gasteiger partial charge is 0.350 e. The number of nitrogens with one attached hydrogen (secondary N) is 1. The van der Waals surface area contributed by atoms with Gasteiger partial charge >= 0.3 is 0 Å². The fourth-order valence-corrected chi connectivity index (χ4v) is 5.15. The molecule has 1 aliphatic rings. The molecule has 1 N–H and O–H groups in total. The first-order valence-corrected chi connectivity index (χ1v) is 11.2. The van der Waals surface area contributed by atoms with E-state index in [2.05, 4.69) is 15.4 Å². The number of hydrogen-bond donors (Lipinski definition) is 1. The van der Waals surface area contributed by atoms with Crippen LogP contribution in [-0.2, 0) is 35.0 Å². The Morgan fingerprint density at radius 1 is 1.29 bits per heavy atom. The normalized spacial score (nSPS) is 16.7. The summed E-state index contributed by atoms with van der Waals surface area (Å²) in [6.07, 6.45) is 3.35. The molecule has 10 heteroatoms. The molecular weight excluding hydrogens is 421 g/mol. The highest BCUT2D eigenvalue weighted by Gasteiger charge is 2.38. The van der Waals surface area contributed by atoms with Crippen molar-refractivity contribution in [2.45, 2.75) is 30.8 Å². The van der Waals surface area contributed by atoms with E-state index in [9.17, 15) is 17.6 Å². The first-order valence-electron chi connectivity index (χ1n) is 9.72. The molecule has 1 aromatic carbocycles. The number of carbonyl (C=O) groups is 1. The number of sulfonamides is 1. The summed E-state index contributed by atoms with van der Waals surface area (Å²) in [4.78, 5) is 17.2. The lowest BCUT2D eigenvalue weighted by atomic mass is 9.97. The van der Waals surface area contributed by atoms with Crippen LogP contribution in [0, 0.1) is 12.7 Å². The van der Waals surface area contributed by atoms with E-state index in [1.165, 1.54) is 23.4 Å². The van der Waals surface area contributed by atoms with E-state index < -0.39 is 21.8 Å². The van der Waals surface area contributed by atoms with E-state index in [1.807, 2.05) is 6.07 Å². The van der Waals surface area contributed by atoms with Crippen LogP contribution in [0.5, 0.6) is 0 Å². The number of rotatable bonds is 5. The summed E-state index contributed by atoms with van der Waals surface area (Å²) >= 11 is 0. The van der Waals surface area contributed by atoms with Crippen molar-refractivity contribution in [3.8, 4) is 0 Å². The van der Waals surface area contributed by atoms with Gasteiger partial charge in [0.25, 0.3) is 0 Å². The molecule has 3 heterocycles. The third-order valence-electron chi connectivity index (χ3n) is 5.25. The van der Waals surface area contributed by atoms with E-state index >= 15 is 0 Å². The minimum atomic E-state index is -3.93. The number of amides is 1. The highest BCUT2D eigenvalue weighted by molar-refractivity contribution is 7.89. The summed E-state index contributed by atoms with van der Waals surface area (Å²) < 4.78 is 43.0. The average molecular weight is 444 g/mol. The molecule has 0 saturated carbocycles. The summed E-state index contributed by atoms with van der Waals surface area (Å²) in [5.74, 6) is -1.58. The Bertz CT molecular complexity index is 1230. The zero-order chi connectivity index (χ0) is 22.2. The second kappa shape index (κ2) is 8.20. The molecule has 1 atom stereocenters. The highest BCUT2D eigenvalue weighted by Crippen LogP contribution is 2.31. The first-order chi connectivity index (χ1) is 14.8. The Balaban J connectivity index is 1.62. The lowest BCUT2D eigenvalue weighted by Gasteiger charge is -2.30. The van der Waals surface area contributed by atoms with Crippen molar-refractivity contribution in [1.29, 1.82) is 0 Å². The number of hydrogen-bond acceptors (Lipinski definition) is 5. The molecule has 4 rings (SSSR count). The Morgan fingerprint density at radius 2 is 2.10 bits per heavy atom. The molecule has 0 unspecified atom stereocenters. The van der Waals surface area contributed by atoms with Crippen LogP contribution in [0.3, 0.4) is 0 Å². The maximum atomic E-state index is 13.6. The van der Waals surface area contributed by atoms with Crippen molar-refractivity contribution in [3.05, 3.63) is 77.1 Å². The topological polar surface area (TPSA) is 97.2 Å². The summed E-state index contributed by atoms with van der Waals surface area (Å²) in [5, 5.41) is 7.22. The molecule has 3 aromatic rings. The van der Waals surface area contributed by atoms with E-state index in [0.717, 1.165) is 6.07 Å². The maximum Gasteiger partial charge on any atom is 0.243 e. The van der Waals surface area contributed by atoms with E-state index in [4.69, 9.17) is 0 Å². The Labute approximate surface area is 179 Å². The van der Waals surface area contributed by atoms with E-state index in [1.54, 1.807) is 36.3 Å². The highest BCUT2D eigenvalue weighted by atomic mass is 32.2. The monoisotopic (exact) mass is 443 g/mol. The van der Waals surface area contributed by atoms with Crippen molar-refractivity contribution in [2.24, 2.45) is 7.05 Å². The standard InChI is InChI=1S/C21H22FN5O3S/c1-14-9-17(6-7-19(14)22)31(29,30)27-12-15-11-26(2)25-20(15)18(13-27)21(28)24-10-16-5-3-4-8-23-16/h3-9,11,18H,10,12-13H2,1-2H3,(H,24,28)/t18-/m0/s1. The summed E-state index contributed by atoms with van der Waals surface area (Å²) in [6, 6.07) is 9.09.